The van der Waals surface area contributed by atoms with Gasteiger partial charge in [-0.25, -0.2) is 4.68 Å². The first-order valence-electron chi connectivity index (χ1n) is 6.99. The molecule has 108 valence electrons. The summed E-state index contributed by atoms with van der Waals surface area (Å²) in [7, 11) is 0. The van der Waals surface area contributed by atoms with Crippen molar-refractivity contribution in [2.75, 3.05) is 0 Å². The molecule has 2 aromatic rings. The third-order valence-electron chi connectivity index (χ3n) is 3.56. The fourth-order valence-corrected chi connectivity index (χ4v) is 3.39. The van der Waals surface area contributed by atoms with Gasteiger partial charge >= 0.3 is 0 Å². The van der Waals surface area contributed by atoms with Crippen molar-refractivity contribution in [1.82, 2.24) is 30.3 Å². The summed E-state index contributed by atoms with van der Waals surface area (Å²) in [6.45, 7) is 3.84. The molecule has 7 nitrogen and oxygen atoms in total. The van der Waals surface area contributed by atoms with Gasteiger partial charge in [-0.05, 0) is 37.1 Å². The van der Waals surface area contributed by atoms with Crippen molar-refractivity contribution in [3.8, 4) is 0 Å². The minimum Gasteiger partial charge on any atom is -0.338 e. The largest absolute Gasteiger partial charge is 0.338 e. The Morgan fingerprint density at radius 3 is 2.80 bits per heavy atom. The van der Waals surface area contributed by atoms with Gasteiger partial charge in [-0.2, -0.15) is 4.98 Å². The molecule has 0 N–H and O–H groups in total. The third-order valence-corrected chi connectivity index (χ3v) is 4.59. The molecule has 0 amide bonds. The highest BCUT2D eigenvalue weighted by Gasteiger charge is 2.23. The first-order chi connectivity index (χ1) is 9.74. The number of aromatic nitrogens is 6. The average Bonchev–Trinajstić information content (AvgIpc) is 3.09. The van der Waals surface area contributed by atoms with Gasteiger partial charge in [-0.15, -0.1) is 5.10 Å². The Bertz CT molecular complexity index is 562. The molecule has 3 rings (SSSR count). The molecule has 0 bridgehead atoms. The van der Waals surface area contributed by atoms with Crippen LogP contribution >= 0.6 is 11.8 Å². The molecular weight excluding hydrogens is 276 g/mol. The number of hydrogen-bond donors (Lipinski definition) is 0. The minimum atomic E-state index is 0.0459. The summed E-state index contributed by atoms with van der Waals surface area (Å²) in [5.41, 5.74) is 0. The molecule has 20 heavy (non-hydrogen) atoms. The van der Waals surface area contributed by atoms with Crippen LogP contribution in [0.4, 0.5) is 0 Å². The standard InChI is InChI=1S/C12H18N6OS/c1-8(11-13-9(2)15-19-11)20-12-14-16-17-18(12)10-6-4-3-5-7-10/h8,10H,3-7H2,1-2H3/t8-/m1/s1. The number of thioether (sulfide) groups is 1. The van der Waals surface area contributed by atoms with E-state index in [1.54, 1.807) is 11.8 Å². The SMILES string of the molecule is Cc1noc([C@@H](C)Sc2nnnn2C2CCCCC2)n1. The Hall–Kier alpha value is -1.44. The van der Waals surface area contributed by atoms with E-state index in [1.165, 1.54) is 19.3 Å². The molecule has 0 spiro atoms. The lowest BCUT2D eigenvalue weighted by Gasteiger charge is -2.22. The molecule has 0 aliphatic heterocycles. The first-order valence-corrected chi connectivity index (χ1v) is 7.86. The van der Waals surface area contributed by atoms with Gasteiger partial charge in [-0.3, -0.25) is 0 Å². The fourth-order valence-electron chi connectivity index (χ4n) is 2.50. The van der Waals surface area contributed by atoms with E-state index in [9.17, 15) is 0 Å². The minimum absolute atomic E-state index is 0.0459. The number of hydrogen-bond acceptors (Lipinski definition) is 7. The summed E-state index contributed by atoms with van der Waals surface area (Å²) in [5.74, 6) is 1.27. The molecule has 2 aromatic heterocycles. The number of tetrazole rings is 1. The topological polar surface area (TPSA) is 82.5 Å². The quantitative estimate of drug-likeness (QED) is 0.802. The average molecular weight is 294 g/mol. The highest BCUT2D eigenvalue weighted by molar-refractivity contribution is 7.99. The summed E-state index contributed by atoms with van der Waals surface area (Å²) >= 11 is 1.57. The Balaban J connectivity index is 1.72. The molecule has 1 fully saturated rings. The molecule has 8 heteroatoms. The zero-order valence-corrected chi connectivity index (χ0v) is 12.5. The molecule has 1 atom stereocenters. The summed E-state index contributed by atoms with van der Waals surface area (Å²) in [4.78, 5) is 4.26. The van der Waals surface area contributed by atoms with Crippen LogP contribution in [0.3, 0.4) is 0 Å². The van der Waals surface area contributed by atoms with Crippen molar-refractivity contribution in [3.05, 3.63) is 11.7 Å². The maximum atomic E-state index is 5.20. The van der Waals surface area contributed by atoms with E-state index in [4.69, 9.17) is 4.52 Å². The van der Waals surface area contributed by atoms with E-state index >= 15 is 0 Å². The Kier molecular flexibility index (Phi) is 4.00. The maximum absolute atomic E-state index is 5.20. The second kappa shape index (κ2) is 5.90. The summed E-state index contributed by atoms with van der Waals surface area (Å²) in [5, 5.41) is 16.8. The molecule has 0 unspecified atom stereocenters. The summed E-state index contributed by atoms with van der Waals surface area (Å²) < 4.78 is 7.16. The zero-order valence-electron chi connectivity index (χ0n) is 11.7. The van der Waals surface area contributed by atoms with E-state index in [-0.39, 0.29) is 5.25 Å². The molecule has 1 aliphatic rings. The lowest BCUT2D eigenvalue weighted by atomic mass is 9.96. The monoisotopic (exact) mass is 294 g/mol. The lowest BCUT2D eigenvalue weighted by molar-refractivity contribution is 0.307. The second-order valence-corrected chi connectivity index (χ2v) is 6.45. The molecule has 1 aliphatic carbocycles. The van der Waals surface area contributed by atoms with Gasteiger partial charge < -0.3 is 4.52 Å². The smallest absolute Gasteiger partial charge is 0.239 e. The molecular formula is C12H18N6OS. The summed E-state index contributed by atoms with van der Waals surface area (Å²) in [6.07, 6.45) is 6.15. The Morgan fingerprint density at radius 1 is 1.30 bits per heavy atom. The van der Waals surface area contributed by atoms with Crippen molar-refractivity contribution >= 4 is 11.8 Å². The van der Waals surface area contributed by atoms with Gasteiger partial charge in [0.1, 0.15) is 0 Å². The van der Waals surface area contributed by atoms with Crippen LogP contribution in [0, 0.1) is 6.92 Å². The number of nitrogens with zero attached hydrogens (tertiary/aromatic N) is 6. The van der Waals surface area contributed by atoms with Gasteiger partial charge in [0, 0.05) is 0 Å². The number of rotatable bonds is 4. The van der Waals surface area contributed by atoms with Crippen molar-refractivity contribution < 1.29 is 4.52 Å². The normalized spacial score (nSPS) is 18.3. The molecule has 2 heterocycles. The van der Waals surface area contributed by atoms with E-state index in [0.717, 1.165) is 18.0 Å². The highest BCUT2D eigenvalue weighted by atomic mass is 32.2. The van der Waals surface area contributed by atoms with Crippen molar-refractivity contribution in [2.45, 2.75) is 62.4 Å². The van der Waals surface area contributed by atoms with Crippen LogP contribution in [0.15, 0.2) is 9.68 Å². The van der Waals surface area contributed by atoms with Gasteiger partial charge in [0.15, 0.2) is 5.82 Å². The van der Waals surface area contributed by atoms with Gasteiger partial charge in [0.2, 0.25) is 11.0 Å². The highest BCUT2D eigenvalue weighted by Crippen LogP contribution is 2.35. The van der Waals surface area contributed by atoms with Crippen LogP contribution in [-0.2, 0) is 0 Å². The molecule has 0 aromatic carbocycles. The van der Waals surface area contributed by atoms with Crippen LogP contribution in [0.25, 0.3) is 0 Å². The van der Waals surface area contributed by atoms with Gasteiger partial charge in [0.05, 0.1) is 11.3 Å². The first kappa shape index (κ1) is 13.5. The third kappa shape index (κ3) is 2.84. The molecule has 1 saturated carbocycles. The molecule has 0 radical (unpaired) electrons. The van der Waals surface area contributed by atoms with Crippen LogP contribution in [0.1, 0.15) is 62.0 Å². The van der Waals surface area contributed by atoms with Crippen LogP contribution in [0.5, 0.6) is 0 Å². The Morgan fingerprint density at radius 2 is 2.10 bits per heavy atom. The second-order valence-electron chi connectivity index (χ2n) is 5.14. The van der Waals surface area contributed by atoms with E-state index in [2.05, 4.69) is 25.7 Å². The van der Waals surface area contributed by atoms with Crippen LogP contribution in [-0.4, -0.2) is 30.3 Å². The van der Waals surface area contributed by atoms with Crippen molar-refractivity contribution in [3.63, 3.8) is 0 Å². The number of aryl methyl sites for hydroxylation is 1. The van der Waals surface area contributed by atoms with E-state index < -0.39 is 0 Å². The predicted octanol–water partition coefficient (Wildman–Crippen LogP) is 2.72. The van der Waals surface area contributed by atoms with E-state index in [1.807, 2.05) is 18.5 Å². The lowest BCUT2D eigenvalue weighted by Crippen LogP contribution is -2.15. The van der Waals surface area contributed by atoms with Gasteiger partial charge in [-0.1, -0.05) is 36.2 Å². The van der Waals surface area contributed by atoms with Crippen LogP contribution in [0.2, 0.25) is 0 Å². The van der Waals surface area contributed by atoms with E-state index in [0.29, 0.717) is 17.8 Å². The molecule has 0 saturated heterocycles. The van der Waals surface area contributed by atoms with Gasteiger partial charge in [0.25, 0.3) is 0 Å². The van der Waals surface area contributed by atoms with Crippen molar-refractivity contribution in [1.29, 1.82) is 0 Å². The maximum Gasteiger partial charge on any atom is 0.239 e. The van der Waals surface area contributed by atoms with Crippen LogP contribution < -0.4 is 0 Å². The predicted molar refractivity (Wildman–Crippen MR) is 73.2 cm³/mol. The zero-order chi connectivity index (χ0) is 13.9. The fraction of sp³-hybridized carbons (Fsp3) is 0.750. The summed E-state index contributed by atoms with van der Waals surface area (Å²) in [6, 6.07) is 0.429. The van der Waals surface area contributed by atoms with Crippen molar-refractivity contribution in [2.24, 2.45) is 0 Å². The Labute approximate surface area is 121 Å².